The molecule has 8 nitrogen and oxygen atoms in total. The Bertz CT molecular complexity index is 1060. The maximum atomic E-state index is 13.7. The minimum atomic E-state index is -0.871. The second-order valence-corrected chi connectivity index (χ2v) is 6.75. The Balaban J connectivity index is 1.37. The zero-order valence-electron chi connectivity index (χ0n) is 16.6. The van der Waals surface area contributed by atoms with Crippen molar-refractivity contribution in [3.63, 3.8) is 0 Å². The number of benzene rings is 2. The summed E-state index contributed by atoms with van der Waals surface area (Å²) in [5.41, 5.74) is 0.745. The highest BCUT2D eigenvalue weighted by Crippen LogP contribution is 2.25. The van der Waals surface area contributed by atoms with Crippen molar-refractivity contribution in [2.75, 3.05) is 33.4 Å². The van der Waals surface area contributed by atoms with Crippen molar-refractivity contribution >= 4 is 5.91 Å². The molecule has 0 saturated carbocycles. The van der Waals surface area contributed by atoms with E-state index >= 15 is 0 Å². The molecule has 2 heterocycles. The fourth-order valence-electron chi connectivity index (χ4n) is 3.07. The summed E-state index contributed by atoms with van der Waals surface area (Å²) in [7, 11) is 1.58. The number of methoxy groups -OCH3 is 1. The van der Waals surface area contributed by atoms with Crippen LogP contribution < -0.4 is 9.47 Å². The highest BCUT2D eigenvalue weighted by atomic mass is 19.1. The van der Waals surface area contributed by atoms with Crippen LogP contribution in [0.25, 0.3) is 11.4 Å². The van der Waals surface area contributed by atoms with Crippen molar-refractivity contribution in [3.05, 3.63) is 60.0 Å². The van der Waals surface area contributed by atoms with E-state index in [0.29, 0.717) is 24.2 Å². The van der Waals surface area contributed by atoms with Crippen LogP contribution in [0.5, 0.6) is 11.5 Å². The predicted octanol–water partition coefficient (Wildman–Crippen LogP) is 3.00. The van der Waals surface area contributed by atoms with E-state index in [2.05, 4.69) is 10.1 Å². The van der Waals surface area contributed by atoms with Crippen molar-refractivity contribution in [2.24, 2.45) is 0 Å². The van der Waals surface area contributed by atoms with Crippen LogP contribution in [0.15, 0.2) is 47.0 Å². The van der Waals surface area contributed by atoms with Gasteiger partial charge in [-0.05, 0) is 36.4 Å². The number of carbonyl (C=O) groups excluding carboxylic acids is 1. The number of carbonyl (C=O) groups is 1. The number of nitrogens with zero attached hydrogens (tertiary/aromatic N) is 3. The summed E-state index contributed by atoms with van der Waals surface area (Å²) in [6, 6.07) is 10.1. The van der Waals surface area contributed by atoms with Gasteiger partial charge < -0.3 is 23.6 Å². The second-order valence-electron chi connectivity index (χ2n) is 6.75. The van der Waals surface area contributed by atoms with Gasteiger partial charge in [-0.25, -0.2) is 8.78 Å². The first kappa shape index (κ1) is 20.7. The van der Waals surface area contributed by atoms with Crippen molar-refractivity contribution in [3.8, 4) is 22.9 Å². The van der Waals surface area contributed by atoms with Crippen LogP contribution >= 0.6 is 0 Å². The lowest BCUT2D eigenvalue weighted by atomic mass is 10.2. The van der Waals surface area contributed by atoms with Crippen LogP contribution in [-0.4, -0.2) is 54.4 Å². The van der Waals surface area contributed by atoms with Crippen LogP contribution in [0.4, 0.5) is 8.78 Å². The normalized spacial score (nSPS) is 16.2. The topological polar surface area (TPSA) is 86.9 Å². The third kappa shape index (κ3) is 4.80. The summed E-state index contributed by atoms with van der Waals surface area (Å²) in [5.74, 6) is -0.813. The highest BCUT2D eigenvalue weighted by molar-refractivity contribution is 5.78. The number of aromatic nitrogens is 2. The maximum Gasteiger partial charge on any atom is 0.260 e. The molecule has 31 heavy (non-hydrogen) atoms. The quantitative estimate of drug-likeness (QED) is 0.593. The summed E-state index contributed by atoms with van der Waals surface area (Å²) in [6.07, 6.45) is -0.597. The third-order valence-electron chi connectivity index (χ3n) is 4.73. The Labute approximate surface area is 176 Å². The highest BCUT2D eigenvalue weighted by Gasteiger charge is 2.30. The fourth-order valence-corrected chi connectivity index (χ4v) is 3.07. The monoisotopic (exact) mass is 431 g/mol. The van der Waals surface area contributed by atoms with E-state index in [9.17, 15) is 13.6 Å². The summed E-state index contributed by atoms with van der Waals surface area (Å²) < 4.78 is 48.0. The van der Waals surface area contributed by atoms with Gasteiger partial charge in [-0.15, -0.1) is 0 Å². The molecule has 1 aliphatic heterocycles. The molecular weight excluding hydrogens is 412 g/mol. The van der Waals surface area contributed by atoms with E-state index in [1.807, 2.05) is 0 Å². The first-order valence-corrected chi connectivity index (χ1v) is 9.49. The molecular formula is C21H19F2N3O5. The lowest BCUT2D eigenvalue weighted by molar-refractivity contribution is -0.142. The average molecular weight is 431 g/mol. The van der Waals surface area contributed by atoms with Crippen LogP contribution in [0.2, 0.25) is 0 Å². The van der Waals surface area contributed by atoms with Gasteiger partial charge in [-0.3, -0.25) is 4.79 Å². The molecule has 162 valence electrons. The molecule has 0 N–H and O–H groups in total. The Morgan fingerprint density at radius 1 is 1.23 bits per heavy atom. The number of hydrogen-bond donors (Lipinski definition) is 0. The minimum absolute atomic E-state index is 0.179. The fraction of sp³-hybridized carbons (Fsp3) is 0.286. The Hall–Kier alpha value is -3.53. The van der Waals surface area contributed by atoms with Crippen LogP contribution in [0.1, 0.15) is 12.0 Å². The zero-order chi connectivity index (χ0) is 21.8. The summed E-state index contributed by atoms with van der Waals surface area (Å²) in [5, 5.41) is 3.97. The van der Waals surface area contributed by atoms with Gasteiger partial charge in [0.2, 0.25) is 5.82 Å². The molecule has 0 spiro atoms. The summed E-state index contributed by atoms with van der Waals surface area (Å²) in [4.78, 5) is 18.4. The Morgan fingerprint density at radius 2 is 2.03 bits per heavy atom. The number of amides is 1. The first-order valence-electron chi connectivity index (χ1n) is 9.49. The van der Waals surface area contributed by atoms with Gasteiger partial charge in [0.15, 0.2) is 24.3 Å². The summed E-state index contributed by atoms with van der Waals surface area (Å²) >= 11 is 0. The Morgan fingerprint density at radius 3 is 2.77 bits per heavy atom. The van der Waals surface area contributed by atoms with E-state index in [4.69, 9.17) is 18.7 Å². The van der Waals surface area contributed by atoms with Gasteiger partial charge in [-0.1, -0.05) is 5.16 Å². The molecule has 1 saturated heterocycles. The number of rotatable bonds is 6. The molecule has 1 aromatic heterocycles. The minimum Gasteiger partial charge on any atom is -0.497 e. The van der Waals surface area contributed by atoms with Gasteiger partial charge in [0.05, 0.1) is 20.3 Å². The Kier molecular flexibility index (Phi) is 6.08. The van der Waals surface area contributed by atoms with Gasteiger partial charge in [-0.2, -0.15) is 4.98 Å². The number of halogens is 2. The van der Waals surface area contributed by atoms with Crippen LogP contribution in [-0.2, 0) is 9.53 Å². The van der Waals surface area contributed by atoms with E-state index in [1.54, 1.807) is 31.4 Å². The van der Waals surface area contributed by atoms with Gasteiger partial charge in [0, 0.05) is 18.2 Å². The van der Waals surface area contributed by atoms with Crippen molar-refractivity contribution in [2.45, 2.75) is 6.10 Å². The number of morpholine rings is 1. The number of ether oxygens (including phenoxy) is 3. The van der Waals surface area contributed by atoms with Crippen LogP contribution in [0.3, 0.4) is 0 Å². The third-order valence-corrected chi connectivity index (χ3v) is 4.73. The van der Waals surface area contributed by atoms with Crippen LogP contribution in [0, 0.1) is 11.6 Å². The molecule has 0 aliphatic carbocycles. The van der Waals surface area contributed by atoms with Crippen molar-refractivity contribution in [1.82, 2.24) is 15.0 Å². The lowest BCUT2D eigenvalue weighted by Gasteiger charge is -2.31. The molecule has 1 fully saturated rings. The molecule has 10 heteroatoms. The van der Waals surface area contributed by atoms with E-state index in [0.717, 1.165) is 17.7 Å². The zero-order valence-corrected chi connectivity index (χ0v) is 16.6. The molecule has 0 unspecified atom stereocenters. The molecule has 0 radical (unpaired) electrons. The summed E-state index contributed by atoms with van der Waals surface area (Å²) in [6.45, 7) is 0.389. The molecule has 2 aromatic carbocycles. The van der Waals surface area contributed by atoms with E-state index in [1.165, 1.54) is 4.90 Å². The van der Waals surface area contributed by atoms with E-state index in [-0.39, 0.29) is 30.7 Å². The molecule has 1 atom stereocenters. The average Bonchev–Trinajstić information content (AvgIpc) is 3.29. The predicted molar refractivity (Wildman–Crippen MR) is 103 cm³/mol. The number of hydrogen-bond acceptors (Lipinski definition) is 7. The second kappa shape index (κ2) is 9.09. The first-order chi connectivity index (χ1) is 15.0. The molecule has 3 aromatic rings. The molecule has 4 rings (SSSR count). The lowest BCUT2D eigenvalue weighted by Crippen LogP contribution is -2.44. The maximum absolute atomic E-state index is 13.7. The van der Waals surface area contributed by atoms with Gasteiger partial charge in [0.1, 0.15) is 11.6 Å². The van der Waals surface area contributed by atoms with Gasteiger partial charge >= 0.3 is 0 Å². The largest absolute Gasteiger partial charge is 0.497 e. The van der Waals surface area contributed by atoms with Gasteiger partial charge in [0.25, 0.3) is 11.8 Å². The van der Waals surface area contributed by atoms with Crippen molar-refractivity contribution in [1.29, 1.82) is 0 Å². The SMILES string of the molecule is COc1ccc(-c2noc([C@@H]3CN(C(=O)COc4ccc(F)cc4F)CCO3)n2)cc1. The molecule has 1 amide bonds. The standard InChI is InChI=1S/C21H19F2N3O5/c1-28-15-5-2-13(3-6-15)20-24-21(31-25-20)18-11-26(8-9-29-18)19(27)12-30-17-7-4-14(22)10-16(17)23/h2-7,10,18H,8-9,11-12H2,1H3/t18-/m0/s1. The van der Waals surface area contributed by atoms with E-state index < -0.39 is 24.3 Å². The molecule has 1 aliphatic rings. The molecule has 0 bridgehead atoms. The van der Waals surface area contributed by atoms with Crippen molar-refractivity contribution < 1.29 is 32.3 Å². The smallest absolute Gasteiger partial charge is 0.260 e.